The van der Waals surface area contributed by atoms with Crippen LogP contribution in [-0.4, -0.2) is 28.8 Å². The van der Waals surface area contributed by atoms with E-state index < -0.39 is 17.0 Å². The third-order valence-electron chi connectivity index (χ3n) is 3.84. The Labute approximate surface area is 153 Å². The lowest BCUT2D eigenvalue weighted by atomic mass is 10.2. The van der Waals surface area contributed by atoms with Gasteiger partial charge < -0.3 is 16.0 Å². The van der Waals surface area contributed by atoms with Crippen molar-refractivity contribution in [2.45, 2.75) is 6.54 Å². The van der Waals surface area contributed by atoms with E-state index in [0.29, 0.717) is 11.4 Å². The molecular weight excluding hydrogens is 350 g/mol. The van der Waals surface area contributed by atoms with Crippen molar-refractivity contribution in [1.29, 1.82) is 0 Å². The highest BCUT2D eigenvalue weighted by molar-refractivity contribution is 5.92. The molecule has 9 nitrogen and oxygen atoms in total. The Bertz CT molecular complexity index is 1120. The number of aromatic amines is 1. The first kappa shape index (κ1) is 17.9. The first-order valence-electron chi connectivity index (χ1n) is 8.08. The number of nitrogens with zero attached hydrogens (tertiary/aromatic N) is 1. The van der Waals surface area contributed by atoms with Crippen LogP contribution in [0.4, 0.5) is 16.2 Å². The molecule has 3 rings (SSSR count). The Morgan fingerprint density at radius 2 is 1.52 bits per heavy atom. The van der Waals surface area contributed by atoms with Crippen LogP contribution >= 0.6 is 0 Å². The predicted octanol–water partition coefficient (Wildman–Crippen LogP) is 1.08. The minimum atomic E-state index is -0.477. The molecule has 0 bridgehead atoms. The molecule has 0 saturated heterocycles. The first-order valence-corrected chi connectivity index (χ1v) is 8.08. The van der Waals surface area contributed by atoms with E-state index in [-0.39, 0.29) is 23.3 Å². The van der Waals surface area contributed by atoms with Crippen LogP contribution in [0.5, 0.6) is 0 Å². The number of H-pyrrole nitrogens is 1. The number of anilines is 2. The average Bonchev–Trinajstić information content (AvgIpc) is 2.67. The second kappa shape index (κ2) is 7.56. The van der Waals surface area contributed by atoms with E-state index >= 15 is 0 Å². The molecule has 138 valence electrons. The van der Waals surface area contributed by atoms with Crippen LogP contribution in [0.1, 0.15) is 0 Å². The zero-order chi connectivity index (χ0) is 19.4. The zero-order valence-electron chi connectivity index (χ0n) is 14.4. The highest BCUT2D eigenvalue weighted by atomic mass is 16.2. The summed E-state index contributed by atoms with van der Waals surface area (Å²) in [7, 11) is 1.50. The van der Waals surface area contributed by atoms with Crippen molar-refractivity contribution >= 4 is 34.1 Å². The van der Waals surface area contributed by atoms with Gasteiger partial charge in [-0.2, -0.15) is 0 Å². The van der Waals surface area contributed by atoms with E-state index in [1.54, 1.807) is 48.5 Å². The fourth-order valence-electron chi connectivity index (χ4n) is 2.53. The maximum atomic E-state index is 12.4. The lowest BCUT2D eigenvalue weighted by Crippen LogP contribution is -2.34. The van der Waals surface area contributed by atoms with Gasteiger partial charge in [-0.15, -0.1) is 0 Å². The normalized spacial score (nSPS) is 10.4. The van der Waals surface area contributed by atoms with Crippen molar-refractivity contribution in [3.63, 3.8) is 0 Å². The van der Waals surface area contributed by atoms with Gasteiger partial charge in [0.2, 0.25) is 5.91 Å². The van der Waals surface area contributed by atoms with E-state index in [0.717, 1.165) is 4.68 Å². The predicted molar refractivity (Wildman–Crippen MR) is 102 cm³/mol. The molecule has 3 aromatic rings. The topological polar surface area (TPSA) is 125 Å². The van der Waals surface area contributed by atoms with Crippen LogP contribution in [0.3, 0.4) is 0 Å². The van der Waals surface area contributed by atoms with Crippen LogP contribution < -0.4 is 27.1 Å². The van der Waals surface area contributed by atoms with Crippen LogP contribution in [0.25, 0.3) is 10.8 Å². The summed E-state index contributed by atoms with van der Waals surface area (Å²) < 4.78 is 0.974. The van der Waals surface area contributed by atoms with Crippen molar-refractivity contribution in [1.82, 2.24) is 15.1 Å². The van der Waals surface area contributed by atoms with Crippen LogP contribution in [0, 0.1) is 0 Å². The molecule has 0 aliphatic carbocycles. The Morgan fingerprint density at radius 3 is 2.15 bits per heavy atom. The highest BCUT2D eigenvalue weighted by Crippen LogP contribution is 2.13. The van der Waals surface area contributed by atoms with Gasteiger partial charge in [-0.05, 0) is 36.4 Å². The third-order valence-corrected chi connectivity index (χ3v) is 3.84. The Hall–Kier alpha value is -3.88. The first-order chi connectivity index (χ1) is 13.0. The monoisotopic (exact) mass is 367 g/mol. The van der Waals surface area contributed by atoms with Gasteiger partial charge in [-0.25, -0.2) is 9.48 Å². The minimum Gasteiger partial charge on any atom is -0.341 e. The maximum absolute atomic E-state index is 12.4. The van der Waals surface area contributed by atoms with E-state index in [2.05, 4.69) is 21.0 Å². The fraction of sp³-hybridized carbons (Fsp3) is 0.111. The molecule has 27 heavy (non-hydrogen) atoms. The Kier molecular flexibility index (Phi) is 5.02. The average molecular weight is 367 g/mol. The summed E-state index contributed by atoms with van der Waals surface area (Å²) in [6.07, 6.45) is 0. The summed E-state index contributed by atoms with van der Waals surface area (Å²) >= 11 is 0. The molecule has 0 fully saturated rings. The summed E-state index contributed by atoms with van der Waals surface area (Å²) in [5.74, 6) is -0.477. The second-order valence-electron chi connectivity index (χ2n) is 5.71. The minimum absolute atomic E-state index is 0.249. The summed E-state index contributed by atoms with van der Waals surface area (Å²) in [5, 5.41) is 10.6. The summed E-state index contributed by atoms with van der Waals surface area (Å²) in [5.41, 5.74) is 0.147. The lowest BCUT2D eigenvalue weighted by molar-refractivity contribution is -0.117. The molecule has 4 N–H and O–H groups in total. The standard InChI is InChI=1S/C18H17N5O4/c1-19-18(27)21-12-8-6-11(7-9-12)20-15(24)10-23-17(26)14-5-3-2-4-13(14)16(25)22-23/h2-9H,10H2,1H3,(H,20,24)(H,22,25)(H2,19,21,27). The van der Waals surface area contributed by atoms with Crippen molar-refractivity contribution < 1.29 is 9.59 Å². The number of urea groups is 1. The van der Waals surface area contributed by atoms with Gasteiger partial charge in [0.1, 0.15) is 6.54 Å². The molecule has 0 aliphatic rings. The number of amides is 3. The van der Waals surface area contributed by atoms with Crippen LogP contribution in [0.2, 0.25) is 0 Å². The largest absolute Gasteiger partial charge is 0.341 e. The molecule has 1 heterocycles. The number of benzene rings is 2. The molecule has 0 spiro atoms. The molecule has 1 aromatic heterocycles. The smallest absolute Gasteiger partial charge is 0.318 e. The quantitative estimate of drug-likeness (QED) is 0.550. The molecule has 3 amide bonds. The summed E-state index contributed by atoms with van der Waals surface area (Å²) in [6.45, 7) is -0.336. The van der Waals surface area contributed by atoms with Gasteiger partial charge in [0.05, 0.1) is 10.8 Å². The number of hydrogen-bond donors (Lipinski definition) is 4. The number of aromatic nitrogens is 2. The number of carbonyl (C=O) groups excluding carboxylic acids is 2. The van der Waals surface area contributed by atoms with E-state index in [9.17, 15) is 19.2 Å². The summed E-state index contributed by atoms with van der Waals surface area (Å²) in [4.78, 5) is 47.9. The van der Waals surface area contributed by atoms with Crippen molar-refractivity contribution in [3.05, 3.63) is 69.2 Å². The van der Waals surface area contributed by atoms with Gasteiger partial charge >= 0.3 is 6.03 Å². The fourth-order valence-corrected chi connectivity index (χ4v) is 2.53. The number of nitrogens with one attached hydrogen (secondary N) is 4. The molecule has 0 radical (unpaired) electrons. The zero-order valence-corrected chi connectivity index (χ0v) is 14.4. The number of fused-ring (bicyclic) bond motifs is 1. The van der Waals surface area contributed by atoms with E-state index in [4.69, 9.17) is 0 Å². The van der Waals surface area contributed by atoms with Gasteiger partial charge in [0.25, 0.3) is 11.1 Å². The maximum Gasteiger partial charge on any atom is 0.318 e. The molecule has 9 heteroatoms. The molecule has 0 atom stereocenters. The van der Waals surface area contributed by atoms with Crippen molar-refractivity contribution in [3.8, 4) is 0 Å². The van der Waals surface area contributed by atoms with E-state index in [1.807, 2.05) is 0 Å². The highest BCUT2D eigenvalue weighted by Gasteiger charge is 2.10. The van der Waals surface area contributed by atoms with Crippen LogP contribution in [-0.2, 0) is 11.3 Å². The number of rotatable bonds is 4. The van der Waals surface area contributed by atoms with Gasteiger partial charge in [0, 0.05) is 18.4 Å². The molecule has 0 saturated carbocycles. The second-order valence-corrected chi connectivity index (χ2v) is 5.71. The van der Waals surface area contributed by atoms with Crippen molar-refractivity contribution in [2.24, 2.45) is 0 Å². The Balaban J connectivity index is 1.74. The molecule has 2 aromatic carbocycles. The number of hydrogen-bond acceptors (Lipinski definition) is 4. The van der Waals surface area contributed by atoms with Gasteiger partial charge in [-0.1, -0.05) is 12.1 Å². The SMILES string of the molecule is CNC(=O)Nc1ccc(NC(=O)Cn2[nH]c(=O)c3ccccc3c2=O)cc1. The van der Waals surface area contributed by atoms with Crippen molar-refractivity contribution in [2.75, 3.05) is 17.7 Å². The van der Waals surface area contributed by atoms with Crippen LogP contribution in [0.15, 0.2) is 58.1 Å². The molecular formula is C18H17N5O4. The van der Waals surface area contributed by atoms with Gasteiger partial charge in [-0.3, -0.25) is 19.5 Å². The molecule has 0 unspecified atom stereocenters. The van der Waals surface area contributed by atoms with Gasteiger partial charge in [0.15, 0.2) is 0 Å². The lowest BCUT2D eigenvalue weighted by Gasteiger charge is -2.09. The van der Waals surface area contributed by atoms with E-state index in [1.165, 1.54) is 7.05 Å². The number of carbonyl (C=O) groups is 2. The Morgan fingerprint density at radius 1 is 0.926 bits per heavy atom. The third kappa shape index (κ3) is 4.03. The summed E-state index contributed by atoms with van der Waals surface area (Å²) in [6, 6.07) is 12.5. The molecule has 0 aliphatic heterocycles.